The van der Waals surface area contributed by atoms with E-state index in [1.807, 2.05) is 54.7 Å². The molecule has 4 aromatic rings. The standard InChI is InChI=1S/C24H24N6O/c1-29-12-14-30(15-13-29)22-9-11-25-20-8-7-18(16-19(20)22)27-24(31)28-21-6-2-4-17-5-3-10-26-23(17)21/h2-11,16H,12-15H2,1H3,(H2,27,28,31). The summed E-state index contributed by atoms with van der Waals surface area (Å²) in [5.41, 5.74) is 4.24. The molecule has 0 aliphatic carbocycles. The van der Waals surface area contributed by atoms with Crippen molar-refractivity contribution in [3.8, 4) is 0 Å². The number of anilines is 3. The highest BCUT2D eigenvalue weighted by Gasteiger charge is 2.17. The van der Waals surface area contributed by atoms with Crippen LogP contribution in [0.15, 0.2) is 67.0 Å². The predicted molar refractivity (Wildman–Crippen MR) is 126 cm³/mol. The summed E-state index contributed by atoms with van der Waals surface area (Å²) in [6, 6.07) is 17.2. The molecule has 7 nitrogen and oxygen atoms in total. The Kier molecular flexibility index (Phi) is 5.09. The van der Waals surface area contributed by atoms with Crippen LogP contribution in [0.1, 0.15) is 0 Å². The summed E-state index contributed by atoms with van der Waals surface area (Å²) < 4.78 is 0. The van der Waals surface area contributed by atoms with Crippen molar-refractivity contribution >= 4 is 44.9 Å². The van der Waals surface area contributed by atoms with E-state index >= 15 is 0 Å². The third-order valence-electron chi connectivity index (χ3n) is 5.70. The van der Waals surface area contributed by atoms with Crippen molar-refractivity contribution in [1.29, 1.82) is 0 Å². The molecule has 0 spiro atoms. The zero-order chi connectivity index (χ0) is 21.2. The molecular formula is C24H24N6O. The van der Waals surface area contributed by atoms with Crippen molar-refractivity contribution < 1.29 is 4.79 Å². The highest BCUT2D eigenvalue weighted by Crippen LogP contribution is 2.29. The molecular weight excluding hydrogens is 388 g/mol. The van der Waals surface area contributed by atoms with E-state index in [4.69, 9.17) is 0 Å². The summed E-state index contributed by atoms with van der Waals surface area (Å²) >= 11 is 0. The first-order valence-corrected chi connectivity index (χ1v) is 10.4. The molecule has 0 bridgehead atoms. The number of urea groups is 1. The van der Waals surface area contributed by atoms with Crippen LogP contribution >= 0.6 is 0 Å². The molecule has 1 saturated heterocycles. The lowest BCUT2D eigenvalue weighted by Gasteiger charge is -2.34. The fraction of sp³-hybridized carbons (Fsp3) is 0.208. The molecule has 0 atom stereocenters. The van der Waals surface area contributed by atoms with E-state index in [2.05, 4.69) is 43.5 Å². The number of fused-ring (bicyclic) bond motifs is 2. The van der Waals surface area contributed by atoms with E-state index in [0.29, 0.717) is 5.69 Å². The molecule has 1 aliphatic heterocycles. The number of pyridine rings is 2. The zero-order valence-corrected chi connectivity index (χ0v) is 17.4. The maximum absolute atomic E-state index is 12.7. The number of hydrogen-bond donors (Lipinski definition) is 2. The van der Waals surface area contributed by atoms with Gasteiger partial charge in [-0.15, -0.1) is 0 Å². The van der Waals surface area contributed by atoms with Gasteiger partial charge < -0.3 is 20.4 Å². The third kappa shape index (κ3) is 4.00. The highest BCUT2D eigenvalue weighted by atomic mass is 16.2. The molecule has 0 radical (unpaired) electrons. The van der Waals surface area contributed by atoms with E-state index in [0.717, 1.165) is 59.4 Å². The molecule has 0 unspecified atom stereocenters. The van der Waals surface area contributed by atoms with Crippen LogP contribution in [0.5, 0.6) is 0 Å². The lowest BCUT2D eigenvalue weighted by molar-refractivity contribution is 0.262. The number of likely N-dealkylation sites (N-methyl/N-ethyl adjacent to an activating group) is 1. The minimum atomic E-state index is -0.303. The van der Waals surface area contributed by atoms with E-state index < -0.39 is 0 Å². The van der Waals surface area contributed by atoms with Gasteiger partial charge in [0.15, 0.2) is 0 Å². The minimum absolute atomic E-state index is 0.303. The number of carbonyl (C=O) groups excluding carboxylic acids is 1. The summed E-state index contributed by atoms with van der Waals surface area (Å²) in [7, 11) is 2.15. The summed E-state index contributed by atoms with van der Waals surface area (Å²) in [5.74, 6) is 0. The summed E-state index contributed by atoms with van der Waals surface area (Å²) in [5, 5.41) is 7.89. The lowest BCUT2D eigenvalue weighted by atomic mass is 10.1. The topological polar surface area (TPSA) is 73.4 Å². The maximum Gasteiger partial charge on any atom is 0.323 e. The number of rotatable bonds is 3. The fourth-order valence-corrected chi connectivity index (χ4v) is 4.02. The zero-order valence-electron chi connectivity index (χ0n) is 17.4. The Morgan fingerprint density at radius 1 is 0.903 bits per heavy atom. The second-order valence-corrected chi connectivity index (χ2v) is 7.81. The number of benzene rings is 2. The van der Waals surface area contributed by atoms with Gasteiger partial charge in [0.1, 0.15) is 0 Å². The molecule has 7 heteroatoms. The molecule has 2 aromatic carbocycles. The molecule has 2 N–H and O–H groups in total. The van der Waals surface area contributed by atoms with E-state index in [-0.39, 0.29) is 6.03 Å². The van der Waals surface area contributed by atoms with Gasteiger partial charge in [-0.2, -0.15) is 0 Å². The molecule has 5 rings (SSSR count). The molecule has 156 valence electrons. The van der Waals surface area contributed by atoms with Crippen molar-refractivity contribution in [1.82, 2.24) is 14.9 Å². The Hall–Kier alpha value is -3.71. The van der Waals surface area contributed by atoms with Crippen LogP contribution in [0.4, 0.5) is 21.9 Å². The van der Waals surface area contributed by atoms with Crippen molar-refractivity contribution in [3.05, 3.63) is 67.0 Å². The Bertz CT molecular complexity index is 1240. The first-order chi connectivity index (χ1) is 15.2. The van der Waals surface area contributed by atoms with Crippen LogP contribution in [0.25, 0.3) is 21.8 Å². The Labute approximate surface area is 180 Å². The Morgan fingerprint density at radius 3 is 2.61 bits per heavy atom. The Morgan fingerprint density at radius 2 is 1.74 bits per heavy atom. The SMILES string of the molecule is CN1CCN(c2ccnc3ccc(NC(=O)Nc4cccc5cccnc45)cc23)CC1. The number of nitrogens with one attached hydrogen (secondary N) is 2. The van der Waals surface area contributed by atoms with E-state index in [1.165, 1.54) is 0 Å². The molecule has 2 amide bonds. The number of amides is 2. The van der Waals surface area contributed by atoms with Gasteiger partial charge in [-0.1, -0.05) is 18.2 Å². The fourth-order valence-electron chi connectivity index (χ4n) is 4.02. The summed E-state index contributed by atoms with van der Waals surface area (Å²) in [4.78, 5) is 26.3. The van der Waals surface area contributed by atoms with Gasteiger partial charge in [0, 0.05) is 60.7 Å². The quantitative estimate of drug-likeness (QED) is 0.528. The molecule has 3 heterocycles. The van der Waals surface area contributed by atoms with Crippen LogP contribution in [0.3, 0.4) is 0 Å². The number of hydrogen-bond acceptors (Lipinski definition) is 5. The van der Waals surface area contributed by atoms with Crippen molar-refractivity contribution in [2.75, 3.05) is 48.8 Å². The van der Waals surface area contributed by atoms with Gasteiger partial charge in [-0.25, -0.2) is 4.79 Å². The van der Waals surface area contributed by atoms with Crippen LogP contribution < -0.4 is 15.5 Å². The third-order valence-corrected chi connectivity index (χ3v) is 5.70. The second kappa shape index (κ2) is 8.20. The van der Waals surface area contributed by atoms with Gasteiger partial charge in [-0.05, 0) is 43.4 Å². The lowest BCUT2D eigenvalue weighted by Crippen LogP contribution is -2.44. The summed E-state index contributed by atoms with van der Waals surface area (Å²) in [6.45, 7) is 4.01. The number of nitrogens with zero attached hydrogens (tertiary/aromatic N) is 4. The number of para-hydroxylation sites is 1. The van der Waals surface area contributed by atoms with Gasteiger partial charge in [0.25, 0.3) is 0 Å². The molecule has 1 aliphatic rings. The Balaban J connectivity index is 1.39. The second-order valence-electron chi connectivity index (χ2n) is 7.81. The number of carbonyl (C=O) groups is 1. The van der Waals surface area contributed by atoms with Crippen molar-refractivity contribution in [2.45, 2.75) is 0 Å². The van der Waals surface area contributed by atoms with E-state index in [9.17, 15) is 4.79 Å². The monoisotopic (exact) mass is 412 g/mol. The van der Waals surface area contributed by atoms with Crippen LogP contribution in [-0.4, -0.2) is 54.1 Å². The van der Waals surface area contributed by atoms with Gasteiger partial charge in [-0.3, -0.25) is 9.97 Å². The van der Waals surface area contributed by atoms with Crippen LogP contribution in [0.2, 0.25) is 0 Å². The average Bonchev–Trinajstić information content (AvgIpc) is 2.79. The average molecular weight is 412 g/mol. The number of aromatic nitrogens is 2. The normalized spacial score (nSPS) is 14.7. The molecule has 0 saturated carbocycles. The maximum atomic E-state index is 12.7. The molecule has 1 fully saturated rings. The van der Waals surface area contributed by atoms with Gasteiger partial charge in [0.05, 0.1) is 16.7 Å². The smallest absolute Gasteiger partial charge is 0.323 e. The molecule has 31 heavy (non-hydrogen) atoms. The van der Waals surface area contributed by atoms with Gasteiger partial charge >= 0.3 is 6.03 Å². The van der Waals surface area contributed by atoms with Crippen molar-refractivity contribution in [3.63, 3.8) is 0 Å². The van der Waals surface area contributed by atoms with Crippen molar-refractivity contribution in [2.24, 2.45) is 0 Å². The minimum Gasteiger partial charge on any atom is -0.368 e. The molecule has 2 aromatic heterocycles. The van der Waals surface area contributed by atoms with E-state index in [1.54, 1.807) is 6.20 Å². The highest BCUT2D eigenvalue weighted by molar-refractivity contribution is 6.06. The predicted octanol–water partition coefficient (Wildman–Crippen LogP) is 4.18. The first kappa shape index (κ1) is 19.3. The largest absolute Gasteiger partial charge is 0.368 e. The van der Waals surface area contributed by atoms with Crippen LogP contribution in [0, 0.1) is 0 Å². The van der Waals surface area contributed by atoms with Crippen LogP contribution in [-0.2, 0) is 0 Å². The number of piperazine rings is 1. The summed E-state index contributed by atoms with van der Waals surface area (Å²) in [6.07, 6.45) is 3.57. The first-order valence-electron chi connectivity index (χ1n) is 10.4. The van der Waals surface area contributed by atoms with Gasteiger partial charge in [0.2, 0.25) is 0 Å².